The first-order valence-corrected chi connectivity index (χ1v) is 7.88. The monoisotopic (exact) mass is 362 g/mol. The molecule has 0 saturated carbocycles. The summed E-state index contributed by atoms with van der Waals surface area (Å²) in [6, 6.07) is 10.6. The van der Waals surface area contributed by atoms with Crippen LogP contribution in [0.15, 0.2) is 36.4 Å². The highest BCUT2D eigenvalue weighted by Gasteiger charge is 2.17. The van der Waals surface area contributed by atoms with E-state index in [0.717, 1.165) is 11.1 Å². The lowest BCUT2D eigenvalue weighted by atomic mass is 10.1. The van der Waals surface area contributed by atoms with Crippen LogP contribution in [0.1, 0.15) is 11.1 Å². The van der Waals surface area contributed by atoms with Gasteiger partial charge >= 0.3 is 11.8 Å². The van der Waals surface area contributed by atoms with E-state index in [-0.39, 0.29) is 6.54 Å². The quantitative estimate of drug-likeness (QED) is 0.802. The Morgan fingerprint density at radius 2 is 1.76 bits per heavy atom. The Hall–Kier alpha value is -2.73. The Kier molecular flexibility index (Phi) is 6.25. The van der Waals surface area contributed by atoms with Gasteiger partial charge in [-0.25, -0.2) is 0 Å². The van der Waals surface area contributed by atoms with Crippen LogP contribution in [0.25, 0.3) is 0 Å². The number of amides is 2. The topological polar surface area (TPSA) is 76.7 Å². The molecule has 0 heterocycles. The number of halogens is 1. The minimum absolute atomic E-state index is 0.259. The normalized spacial score (nSPS) is 10.1. The molecule has 6 nitrogen and oxygen atoms in total. The van der Waals surface area contributed by atoms with E-state index in [4.69, 9.17) is 21.1 Å². The van der Waals surface area contributed by atoms with E-state index in [2.05, 4.69) is 10.6 Å². The first-order chi connectivity index (χ1) is 11.9. The van der Waals surface area contributed by atoms with E-state index in [9.17, 15) is 9.59 Å². The first-order valence-electron chi connectivity index (χ1n) is 7.51. The number of aryl methyl sites for hydroxylation is 1. The van der Waals surface area contributed by atoms with Gasteiger partial charge in [0.2, 0.25) is 0 Å². The third kappa shape index (κ3) is 4.87. The number of carbonyl (C=O) groups is 2. The fraction of sp³-hybridized carbons (Fsp3) is 0.222. The predicted molar refractivity (Wildman–Crippen MR) is 96.2 cm³/mol. The van der Waals surface area contributed by atoms with E-state index < -0.39 is 11.8 Å². The zero-order valence-corrected chi connectivity index (χ0v) is 14.9. The summed E-state index contributed by atoms with van der Waals surface area (Å²) in [4.78, 5) is 24.1. The third-order valence-electron chi connectivity index (χ3n) is 3.46. The predicted octanol–water partition coefficient (Wildman–Crippen LogP) is 2.92. The van der Waals surface area contributed by atoms with Gasteiger partial charge in [-0.2, -0.15) is 0 Å². The van der Waals surface area contributed by atoms with Crippen molar-refractivity contribution < 1.29 is 19.1 Å². The van der Waals surface area contributed by atoms with Crippen molar-refractivity contribution in [1.29, 1.82) is 0 Å². The second-order valence-corrected chi connectivity index (χ2v) is 5.72. The largest absolute Gasteiger partial charge is 0.495 e. The molecule has 0 aliphatic rings. The number of hydrogen-bond donors (Lipinski definition) is 2. The van der Waals surface area contributed by atoms with Crippen molar-refractivity contribution in [3.63, 3.8) is 0 Å². The van der Waals surface area contributed by atoms with Crippen LogP contribution >= 0.6 is 11.6 Å². The maximum Gasteiger partial charge on any atom is 0.313 e. The standard InChI is InChI=1S/C18H19ClN2O4/c1-11-5-4-6-12(7-11)10-20-17(22)18(23)21-14-9-15(24-2)13(19)8-16(14)25-3/h4-9H,10H2,1-3H3,(H,20,22)(H,21,23). The molecule has 0 fully saturated rings. The summed E-state index contributed by atoms with van der Waals surface area (Å²) in [5, 5.41) is 5.41. The van der Waals surface area contributed by atoms with E-state index in [1.165, 1.54) is 26.4 Å². The summed E-state index contributed by atoms with van der Waals surface area (Å²) >= 11 is 6.01. The van der Waals surface area contributed by atoms with Gasteiger partial charge in [0.15, 0.2) is 0 Å². The Morgan fingerprint density at radius 1 is 1.04 bits per heavy atom. The van der Waals surface area contributed by atoms with Crippen LogP contribution in [0, 0.1) is 6.92 Å². The zero-order valence-electron chi connectivity index (χ0n) is 14.2. The van der Waals surface area contributed by atoms with Crippen molar-refractivity contribution in [2.75, 3.05) is 19.5 Å². The molecule has 7 heteroatoms. The van der Waals surface area contributed by atoms with Crippen molar-refractivity contribution in [2.45, 2.75) is 13.5 Å². The lowest BCUT2D eigenvalue weighted by Crippen LogP contribution is -2.35. The number of nitrogens with one attached hydrogen (secondary N) is 2. The Labute approximate surface area is 151 Å². The molecule has 0 aromatic heterocycles. The molecule has 0 saturated heterocycles. The van der Waals surface area contributed by atoms with Gasteiger partial charge in [-0.1, -0.05) is 41.4 Å². The van der Waals surface area contributed by atoms with Crippen molar-refractivity contribution in [1.82, 2.24) is 5.32 Å². The fourth-order valence-corrected chi connectivity index (χ4v) is 2.45. The van der Waals surface area contributed by atoms with Crippen LogP contribution in [0.5, 0.6) is 11.5 Å². The number of methoxy groups -OCH3 is 2. The molecule has 0 atom stereocenters. The number of rotatable bonds is 5. The first kappa shape index (κ1) is 18.6. The lowest BCUT2D eigenvalue weighted by Gasteiger charge is -2.13. The molecule has 0 radical (unpaired) electrons. The van der Waals surface area contributed by atoms with E-state index >= 15 is 0 Å². The molecule has 0 aliphatic carbocycles. The SMILES string of the molecule is COc1cc(NC(=O)C(=O)NCc2cccc(C)c2)c(OC)cc1Cl. The summed E-state index contributed by atoms with van der Waals surface area (Å²) in [7, 11) is 2.89. The average molecular weight is 363 g/mol. The molecule has 25 heavy (non-hydrogen) atoms. The minimum Gasteiger partial charge on any atom is -0.495 e. The molecule has 2 rings (SSSR count). The average Bonchev–Trinajstić information content (AvgIpc) is 2.60. The van der Waals surface area contributed by atoms with Gasteiger partial charge in [-0.15, -0.1) is 0 Å². The summed E-state index contributed by atoms with van der Waals surface area (Å²) in [5.41, 5.74) is 2.28. The van der Waals surface area contributed by atoms with Gasteiger partial charge in [-0.3, -0.25) is 9.59 Å². The molecule has 2 amide bonds. The van der Waals surface area contributed by atoms with Crippen LogP contribution in [-0.2, 0) is 16.1 Å². The second kappa shape index (κ2) is 8.39. The van der Waals surface area contributed by atoms with Crippen LogP contribution < -0.4 is 20.1 Å². The second-order valence-electron chi connectivity index (χ2n) is 5.31. The van der Waals surface area contributed by atoms with Gasteiger partial charge in [0.05, 0.1) is 24.9 Å². The number of benzene rings is 2. The molecule has 2 aromatic carbocycles. The highest BCUT2D eigenvalue weighted by atomic mass is 35.5. The lowest BCUT2D eigenvalue weighted by molar-refractivity contribution is -0.136. The summed E-state index contributed by atoms with van der Waals surface area (Å²) in [6.07, 6.45) is 0. The van der Waals surface area contributed by atoms with E-state index in [1.54, 1.807) is 0 Å². The Morgan fingerprint density at radius 3 is 2.40 bits per heavy atom. The van der Waals surface area contributed by atoms with Gasteiger partial charge in [0.1, 0.15) is 11.5 Å². The molecule has 132 valence electrons. The Balaban J connectivity index is 2.04. The number of hydrogen-bond acceptors (Lipinski definition) is 4. The van der Waals surface area contributed by atoms with Gasteiger partial charge in [0.25, 0.3) is 0 Å². The van der Waals surface area contributed by atoms with Gasteiger partial charge in [-0.05, 0) is 12.5 Å². The van der Waals surface area contributed by atoms with Crippen LogP contribution in [0.2, 0.25) is 5.02 Å². The van der Waals surface area contributed by atoms with Crippen LogP contribution in [0.3, 0.4) is 0 Å². The van der Waals surface area contributed by atoms with Crippen molar-refractivity contribution >= 4 is 29.1 Å². The number of carbonyl (C=O) groups excluding carboxylic acids is 2. The number of ether oxygens (including phenoxy) is 2. The maximum absolute atomic E-state index is 12.1. The molecule has 2 aromatic rings. The van der Waals surface area contributed by atoms with Crippen LogP contribution in [0.4, 0.5) is 5.69 Å². The zero-order chi connectivity index (χ0) is 18.4. The van der Waals surface area contributed by atoms with Crippen LogP contribution in [-0.4, -0.2) is 26.0 Å². The van der Waals surface area contributed by atoms with Crippen molar-refractivity contribution in [3.05, 3.63) is 52.5 Å². The summed E-state index contributed by atoms with van der Waals surface area (Å²) in [5.74, 6) is -0.878. The molecule has 0 spiro atoms. The highest BCUT2D eigenvalue weighted by molar-refractivity contribution is 6.40. The van der Waals surface area contributed by atoms with Gasteiger partial charge in [0, 0.05) is 18.7 Å². The molecule has 0 bridgehead atoms. The summed E-state index contributed by atoms with van der Waals surface area (Å²) in [6.45, 7) is 2.22. The molecular formula is C18H19ClN2O4. The van der Waals surface area contributed by atoms with E-state index in [1.807, 2.05) is 31.2 Å². The third-order valence-corrected chi connectivity index (χ3v) is 3.76. The van der Waals surface area contributed by atoms with Crippen molar-refractivity contribution in [3.8, 4) is 11.5 Å². The molecule has 0 unspecified atom stereocenters. The molecule has 0 aliphatic heterocycles. The minimum atomic E-state index is -0.810. The number of anilines is 1. The maximum atomic E-state index is 12.1. The highest BCUT2D eigenvalue weighted by Crippen LogP contribution is 2.35. The molecular weight excluding hydrogens is 344 g/mol. The smallest absolute Gasteiger partial charge is 0.313 e. The fourth-order valence-electron chi connectivity index (χ4n) is 2.22. The van der Waals surface area contributed by atoms with E-state index in [0.29, 0.717) is 22.2 Å². The summed E-state index contributed by atoms with van der Waals surface area (Å²) < 4.78 is 10.3. The van der Waals surface area contributed by atoms with Crippen molar-refractivity contribution in [2.24, 2.45) is 0 Å². The Bertz CT molecular complexity index is 793. The molecule has 2 N–H and O–H groups in total. The van der Waals surface area contributed by atoms with Gasteiger partial charge < -0.3 is 20.1 Å².